The van der Waals surface area contributed by atoms with Crippen molar-refractivity contribution in [3.05, 3.63) is 34.2 Å². The maximum atomic E-state index is 12.6. The molecule has 2 heterocycles. The number of esters is 1. The van der Waals surface area contributed by atoms with Crippen molar-refractivity contribution in [3.63, 3.8) is 0 Å². The van der Waals surface area contributed by atoms with Crippen molar-refractivity contribution in [2.75, 3.05) is 19.0 Å². The zero-order chi connectivity index (χ0) is 18.1. The molecule has 0 aliphatic heterocycles. The van der Waals surface area contributed by atoms with Gasteiger partial charge in [-0.1, -0.05) is 11.3 Å². The third kappa shape index (κ3) is 3.17. The Morgan fingerprint density at radius 3 is 2.92 bits per heavy atom. The van der Waals surface area contributed by atoms with Crippen molar-refractivity contribution >= 4 is 49.0 Å². The van der Waals surface area contributed by atoms with Crippen LogP contribution in [0, 0.1) is 0 Å². The first-order chi connectivity index (χ1) is 12.7. The summed E-state index contributed by atoms with van der Waals surface area (Å²) in [5.74, 6) is 0.573. The number of nitrogens with one attached hydrogen (secondary N) is 1. The molecule has 0 fully saturated rings. The Bertz CT molecular complexity index is 961. The Balaban J connectivity index is 1.71. The van der Waals surface area contributed by atoms with Crippen molar-refractivity contribution in [1.29, 1.82) is 0 Å². The summed E-state index contributed by atoms with van der Waals surface area (Å²) in [6.45, 7) is 2.22. The number of hydrogen-bond acceptors (Lipinski definition) is 7. The molecular weight excluding hydrogens is 368 g/mol. The number of aryl methyl sites for hydroxylation is 1. The lowest BCUT2D eigenvalue weighted by Crippen LogP contribution is -2.10. The van der Waals surface area contributed by atoms with E-state index < -0.39 is 0 Å². The van der Waals surface area contributed by atoms with Crippen LogP contribution in [0.3, 0.4) is 0 Å². The lowest BCUT2D eigenvalue weighted by Gasteiger charge is -2.12. The van der Waals surface area contributed by atoms with E-state index in [1.165, 1.54) is 11.3 Å². The number of methoxy groups -OCH3 is 1. The number of hydrogen-bond donors (Lipinski definition) is 1. The SMILES string of the molecule is CCOC(=O)c1c(Nc2nc3ccc(OC)cc3s2)sc2c1CCCC2. The van der Waals surface area contributed by atoms with E-state index in [2.05, 4.69) is 10.3 Å². The fourth-order valence-corrected chi connectivity index (χ4v) is 5.50. The van der Waals surface area contributed by atoms with E-state index in [-0.39, 0.29) is 5.97 Å². The van der Waals surface area contributed by atoms with Crippen LogP contribution in [-0.2, 0) is 17.6 Å². The van der Waals surface area contributed by atoms with Gasteiger partial charge in [-0.25, -0.2) is 9.78 Å². The van der Waals surface area contributed by atoms with Crippen LogP contribution < -0.4 is 10.1 Å². The maximum absolute atomic E-state index is 12.6. The van der Waals surface area contributed by atoms with Gasteiger partial charge in [0.05, 0.1) is 29.5 Å². The van der Waals surface area contributed by atoms with Crippen molar-refractivity contribution < 1.29 is 14.3 Å². The quantitative estimate of drug-likeness (QED) is 0.611. The largest absolute Gasteiger partial charge is 0.497 e. The van der Waals surface area contributed by atoms with Gasteiger partial charge in [-0.3, -0.25) is 0 Å². The highest BCUT2D eigenvalue weighted by molar-refractivity contribution is 7.23. The minimum Gasteiger partial charge on any atom is -0.497 e. The van der Waals surface area contributed by atoms with Gasteiger partial charge in [0.25, 0.3) is 0 Å². The summed E-state index contributed by atoms with van der Waals surface area (Å²) in [6, 6.07) is 5.82. The van der Waals surface area contributed by atoms with E-state index >= 15 is 0 Å². The number of carbonyl (C=O) groups is 1. The monoisotopic (exact) mass is 388 g/mol. The van der Waals surface area contributed by atoms with Gasteiger partial charge in [0.15, 0.2) is 5.13 Å². The molecule has 0 amide bonds. The Morgan fingerprint density at radius 2 is 2.12 bits per heavy atom. The van der Waals surface area contributed by atoms with Crippen LogP contribution in [-0.4, -0.2) is 24.7 Å². The Labute approximate surface area is 160 Å². The highest BCUT2D eigenvalue weighted by Crippen LogP contribution is 2.41. The van der Waals surface area contributed by atoms with E-state index in [1.807, 2.05) is 25.1 Å². The molecule has 0 saturated carbocycles. The average molecular weight is 389 g/mol. The van der Waals surface area contributed by atoms with Crippen LogP contribution in [0.5, 0.6) is 5.75 Å². The van der Waals surface area contributed by atoms with Gasteiger partial charge in [0.2, 0.25) is 0 Å². The van der Waals surface area contributed by atoms with Crippen molar-refractivity contribution in [2.24, 2.45) is 0 Å². The number of rotatable bonds is 5. The molecule has 1 aliphatic carbocycles. The number of ether oxygens (including phenoxy) is 2. The van der Waals surface area contributed by atoms with Crippen LogP contribution in [0.15, 0.2) is 18.2 Å². The fourth-order valence-electron chi connectivity index (χ4n) is 3.26. The van der Waals surface area contributed by atoms with Crippen LogP contribution in [0.4, 0.5) is 10.1 Å². The zero-order valence-corrected chi connectivity index (χ0v) is 16.4. The van der Waals surface area contributed by atoms with Gasteiger partial charge in [0.1, 0.15) is 10.8 Å². The summed E-state index contributed by atoms with van der Waals surface area (Å²) in [5.41, 5.74) is 2.77. The Kier molecular flexibility index (Phi) is 4.82. The number of fused-ring (bicyclic) bond motifs is 2. The molecule has 26 heavy (non-hydrogen) atoms. The van der Waals surface area contributed by atoms with Crippen LogP contribution in [0.2, 0.25) is 0 Å². The number of carbonyl (C=O) groups excluding carboxylic acids is 1. The number of aromatic nitrogens is 1. The minimum atomic E-state index is -0.239. The highest BCUT2D eigenvalue weighted by atomic mass is 32.1. The molecule has 0 saturated heterocycles. The standard InChI is InChI=1S/C19H20N2O3S2/c1-3-24-18(22)16-12-6-4-5-7-14(12)25-17(16)21-19-20-13-9-8-11(23-2)10-15(13)26-19/h8-10H,3-7H2,1-2H3,(H,20,21). The molecule has 0 radical (unpaired) electrons. The number of thiophene rings is 1. The molecular formula is C19H20N2O3S2. The minimum absolute atomic E-state index is 0.239. The number of nitrogens with zero attached hydrogens (tertiary/aromatic N) is 1. The van der Waals surface area contributed by atoms with Gasteiger partial charge in [-0.05, 0) is 56.4 Å². The topological polar surface area (TPSA) is 60.5 Å². The molecule has 7 heteroatoms. The van der Waals surface area contributed by atoms with Gasteiger partial charge in [-0.15, -0.1) is 11.3 Å². The lowest BCUT2D eigenvalue weighted by atomic mass is 9.95. The van der Waals surface area contributed by atoms with E-state index in [0.29, 0.717) is 12.2 Å². The second-order valence-corrected chi connectivity index (χ2v) is 8.25. The summed E-state index contributed by atoms with van der Waals surface area (Å²) < 4.78 is 11.6. The van der Waals surface area contributed by atoms with E-state index in [9.17, 15) is 4.79 Å². The average Bonchev–Trinajstić information content (AvgIpc) is 3.21. The lowest BCUT2D eigenvalue weighted by molar-refractivity contribution is 0.0526. The third-order valence-electron chi connectivity index (χ3n) is 4.47. The number of benzene rings is 1. The summed E-state index contributed by atoms with van der Waals surface area (Å²) in [5, 5.41) is 5.00. The second-order valence-electron chi connectivity index (χ2n) is 6.11. The van der Waals surface area contributed by atoms with Crippen LogP contribution in [0.25, 0.3) is 10.2 Å². The molecule has 0 spiro atoms. The highest BCUT2D eigenvalue weighted by Gasteiger charge is 2.26. The predicted octanol–water partition coefficient (Wildman–Crippen LogP) is 5.17. The van der Waals surface area contributed by atoms with Gasteiger partial charge in [0, 0.05) is 4.88 Å². The molecule has 5 nitrogen and oxygen atoms in total. The number of anilines is 2. The van der Waals surface area contributed by atoms with Gasteiger partial charge in [-0.2, -0.15) is 0 Å². The molecule has 0 atom stereocenters. The van der Waals surface area contributed by atoms with Gasteiger partial charge < -0.3 is 14.8 Å². The van der Waals surface area contributed by atoms with E-state index in [4.69, 9.17) is 9.47 Å². The molecule has 136 valence electrons. The van der Waals surface area contributed by atoms with Crippen molar-refractivity contribution in [2.45, 2.75) is 32.6 Å². The summed E-state index contributed by atoms with van der Waals surface area (Å²) in [6.07, 6.45) is 4.27. The molecule has 4 rings (SSSR count). The Morgan fingerprint density at radius 1 is 1.27 bits per heavy atom. The second kappa shape index (κ2) is 7.25. The molecule has 1 aliphatic rings. The normalized spacial score (nSPS) is 13.5. The van der Waals surface area contributed by atoms with E-state index in [0.717, 1.165) is 50.9 Å². The van der Waals surface area contributed by atoms with Gasteiger partial charge >= 0.3 is 5.97 Å². The molecule has 1 aromatic carbocycles. The smallest absolute Gasteiger partial charge is 0.341 e. The molecule has 0 bridgehead atoms. The predicted molar refractivity (Wildman–Crippen MR) is 106 cm³/mol. The first-order valence-corrected chi connectivity index (χ1v) is 10.4. The van der Waals surface area contributed by atoms with Crippen LogP contribution in [0.1, 0.15) is 40.6 Å². The number of thiazole rings is 1. The maximum Gasteiger partial charge on any atom is 0.341 e. The van der Waals surface area contributed by atoms with Crippen LogP contribution >= 0.6 is 22.7 Å². The third-order valence-corrected chi connectivity index (χ3v) is 6.61. The first kappa shape index (κ1) is 17.3. The summed E-state index contributed by atoms with van der Waals surface area (Å²) in [4.78, 5) is 18.5. The summed E-state index contributed by atoms with van der Waals surface area (Å²) >= 11 is 3.21. The van der Waals surface area contributed by atoms with Crippen molar-refractivity contribution in [1.82, 2.24) is 4.98 Å². The molecule has 2 aromatic heterocycles. The fraction of sp³-hybridized carbons (Fsp3) is 0.368. The zero-order valence-electron chi connectivity index (χ0n) is 14.8. The van der Waals surface area contributed by atoms with Crippen molar-refractivity contribution in [3.8, 4) is 5.75 Å². The van der Waals surface area contributed by atoms with E-state index in [1.54, 1.807) is 29.8 Å². The molecule has 1 N–H and O–H groups in total. The molecule has 0 unspecified atom stereocenters. The Hall–Kier alpha value is -2.12. The summed E-state index contributed by atoms with van der Waals surface area (Å²) in [7, 11) is 1.66. The first-order valence-electron chi connectivity index (χ1n) is 8.73. The molecule has 3 aromatic rings.